The van der Waals surface area contributed by atoms with Crippen LogP contribution in [0.3, 0.4) is 0 Å². The summed E-state index contributed by atoms with van der Waals surface area (Å²) in [6.45, 7) is 5.07. The molecule has 0 fully saturated rings. The molecule has 0 atom stereocenters. The van der Waals surface area contributed by atoms with E-state index in [4.69, 9.17) is 0 Å². The van der Waals surface area contributed by atoms with Crippen LogP contribution >= 0.6 is 0 Å². The topological polar surface area (TPSA) is 17.3 Å². The van der Waals surface area contributed by atoms with E-state index in [1.807, 2.05) is 13.1 Å². The normalized spacial score (nSPS) is 11.2. The Hall–Kier alpha value is -1.05. The molecule has 0 aliphatic carbocycles. The minimum absolute atomic E-state index is 0.859. The van der Waals surface area contributed by atoms with Gasteiger partial charge in [-0.2, -0.15) is 0 Å². The molecular formula is C10H16N2. The molecule has 1 aromatic heterocycles. The number of hydrogen-bond donors (Lipinski definition) is 0. The Kier molecular flexibility index (Phi) is 3.09. The van der Waals surface area contributed by atoms with Gasteiger partial charge in [-0.15, -0.1) is 0 Å². The fourth-order valence-corrected chi connectivity index (χ4v) is 1.34. The van der Waals surface area contributed by atoms with Crippen molar-refractivity contribution in [3.8, 4) is 0 Å². The minimum atomic E-state index is 0.859. The van der Waals surface area contributed by atoms with Crippen LogP contribution in [0, 0.1) is 0 Å². The highest BCUT2D eigenvalue weighted by Crippen LogP contribution is 2.07. The summed E-state index contributed by atoms with van der Waals surface area (Å²) in [6.07, 6.45) is 5.10. The smallest absolute Gasteiger partial charge is 0.0361 e. The lowest BCUT2D eigenvalue weighted by Gasteiger charge is -1.99. The lowest BCUT2D eigenvalue weighted by atomic mass is 10.2. The molecular weight excluding hydrogens is 148 g/mol. The largest absolute Gasteiger partial charge is 0.354 e. The van der Waals surface area contributed by atoms with Crippen LogP contribution in [0.1, 0.15) is 25.1 Å². The molecule has 0 radical (unpaired) electrons. The molecule has 1 heterocycles. The summed E-state index contributed by atoms with van der Waals surface area (Å²) in [4.78, 5) is 4.23. The van der Waals surface area contributed by atoms with Gasteiger partial charge < -0.3 is 4.57 Å². The molecule has 0 bridgehead atoms. The van der Waals surface area contributed by atoms with Gasteiger partial charge in [0.15, 0.2) is 0 Å². The van der Waals surface area contributed by atoms with Crippen molar-refractivity contribution in [1.82, 2.24) is 4.57 Å². The highest BCUT2D eigenvalue weighted by atomic mass is 14.9. The monoisotopic (exact) mass is 164 g/mol. The Morgan fingerprint density at radius 2 is 2.25 bits per heavy atom. The van der Waals surface area contributed by atoms with Gasteiger partial charge in [0.25, 0.3) is 0 Å². The number of aryl methyl sites for hydroxylation is 1. The number of rotatable bonds is 3. The van der Waals surface area contributed by atoms with Crippen molar-refractivity contribution >= 4 is 6.21 Å². The van der Waals surface area contributed by atoms with Crippen LogP contribution in [-0.4, -0.2) is 17.3 Å². The van der Waals surface area contributed by atoms with Gasteiger partial charge in [-0.3, -0.25) is 4.99 Å². The van der Waals surface area contributed by atoms with Gasteiger partial charge in [0, 0.05) is 37.3 Å². The Morgan fingerprint density at radius 1 is 1.50 bits per heavy atom. The summed E-state index contributed by atoms with van der Waals surface area (Å²) in [7, 11) is 2.07. The van der Waals surface area contributed by atoms with Gasteiger partial charge in [-0.1, -0.05) is 6.92 Å². The van der Waals surface area contributed by atoms with Crippen molar-refractivity contribution < 1.29 is 0 Å². The molecule has 0 spiro atoms. The molecule has 66 valence electrons. The standard InChI is InChI=1S/C10H16N2/c1-4-10-9(8-11-5-2)6-7-12(10)3/h6-8H,4-5H2,1-3H3. The van der Waals surface area contributed by atoms with Gasteiger partial charge >= 0.3 is 0 Å². The average Bonchev–Trinajstić information content (AvgIpc) is 2.43. The van der Waals surface area contributed by atoms with Crippen LogP contribution in [0.2, 0.25) is 0 Å². The highest BCUT2D eigenvalue weighted by Gasteiger charge is 2.00. The van der Waals surface area contributed by atoms with E-state index >= 15 is 0 Å². The molecule has 1 aromatic rings. The van der Waals surface area contributed by atoms with Crippen molar-refractivity contribution in [1.29, 1.82) is 0 Å². The molecule has 0 N–H and O–H groups in total. The van der Waals surface area contributed by atoms with E-state index in [9.17, 15) is 0 Å². The van der Waals surface area contributed by atoms with Crippen LogP contribution in [0.25, 0.3) is 0 Å². The molecule has 0 aromatic carbocycles. The van der Waals surface area contributed by atoms with Crippen molar-refractivity contribution in [3.63, 3.8) is 0 Å². The predicted molar refractivity (Wildman–Crippen MR) is 52.9 cm³/mol. The van der Waals surface area contributed by atoms with E-state index in [0.29, 0.717) is 0 Å². The zero-order valence-corrected chi connectivity index (χ0v) is 8.04. The Labute approximate surface area is 73.9 Å². The third-order valence-electron chi connectivity index (χ3n) is 1.98. The number of nitrogens with zero attached hydrogens (tertiary/aromatic N) is 2. The molecule has 1 rings (SSSR count). The van der Waals surface area contributed by atoms with Crippen LogP contribution in [0.15, 0.2) is 17.3 Å². The molecule has 0 aliphatic rings. The summed E-state index contributed by atoms with van der Waals surface area (Å²) < 4.78 is 2.15. The Balaban J connectivity index is 2.91. The van der Waals surface area contributed by atoms with Crippen molar-refractivity contribution in [2.45, 2.75) is 20.3 Å². The maximum absolute atomic E-state index is 4.23. The number of hydrogen-bond acceptors (Lipinski definition) is 1. The molecule has 0 saturated carbocycles. The highest BCUT2D eigenvalue weighted by molar-refractivity contribution is 5.81. The molecule has 2 heteroatoms. The van der Waals surface area contributed by atoms with Crippen molar-refractivity contribution in [2.24, 2.45) is 12.0 Å². The van der Waals surface area contributed by atoms with E-state index < -0.39 is 0 Å². The molecule has 12 heavy (non-hydrogen) atoms. The van der Waals surface area contributed by atoms with Crippen LogP contribution in [0.4, 0.5) is 0 Å². The van der Waals surface area contributed by atoms with E-state index in [-0.39, 0.29) is 0 Å². The van der Waals surface area contributed by atoms with E-state index in [0.717, 1.165) is 13.0 Å². The number of aliphatic imine (C=N–C) groups is 1. The van der Waals surface area contributed by atoms with Crippen molar-refractivity contribution in [2.75, 3.05) is 6.54 Å². The molecule has 0 saturated heterocycles. The second kappa shape index (κ2) is 4.10. The third kappa shape index (κ3) is 1.76. The quantitative estimate of drug-likeness (QED) is 0.608. The zero-order valence-electron chi connectivity index (χ0n) is 8.04. The zero-order chi connectivity index (χ0) is 8.97. The maximum Gasteiger partial charge on any atom is 0.0361 e. The van der Waals surface area contributed by atoms with Gasteiger partial charge in [0.2, 0.25) is 0 Å². The molecule has 0 amide bonds. The van der Waals surface area contributed by atoms with Gasteiger partial charge in [0.05, 0.1) is 0 Å². The second-order valence-corrected chi connectivity index (χ2v) is 2.81. The third-order valence-corrected chi connectivity index (χ3v) is 1.98. The van der Waals surface area contributed by atoms with Gasteiger partial charge in [-0.25, -0.2) is 0 Å². The molecule has 0 aliphatic heterocycles. The first kappa shape index (κ1) is 9.04. The van der Waals surface area contributed by atoms with Gasteiger partial charge in [0.1, 0.15) is 0 Å². The van der Waals surface area contributed by atoms with Crippen molar-refractivity contribution in [3.05, 3.63) is 23.5 Å². The second-order valence-electron chi connectivity index (χ2n) is 2.81. The Bertz CT molecular complexity index is 271. The van der Waals surface area contributed by atoms with E-state index in [1.165, 1.54) is 11.3 Å². The maximum atomic E-state index is 4.23. The summed E-state index contributed by atoms with van der Waals surface area (Å²) in [6, 6.07) is 2.11. The number of aromatic nitrogens is 1. The van der Waals surface area contributed by atoms with Gasteiger partial charge in [-0.05, 0) is 19.4 Å². The molecule has 0 unspecified atom stereocenters. The average molecular weight is 164 g/mol. The predicted octanol–water partition coefficient (Wildman–Crippen LogP) is 2.03. The first-order chi connectivity index (χ1) is 5.79. The first-order valence-electron chi connectivity index (χ1n) is 4.43. The minimum Gasteiger partial charge on any atom is -0.354 e. The lowest BCUT2D eigenvalue weighted by Crippen LogP contribution is -1.96. The first-order valence-corrected chi connectivity index (χ1v) is 4.43. The van der Waals surface area contributed by atoms with E-state index in [1.54, 1.807) is 0 Å². The van der Waals surface area contributed by atoms with Crippen LogP contribution < -0.4 is 0 Å². The fraction of sp³-hybridized carbons (Fsp3) is 0.500. The summed E-state index contributed by atoms with van der Waals surface area (Å²) in [5.41, 5.74) is 2.61. The van der Waals surface area contributed by atoms with Crippen LogP contribution in [-0.2, 0) is 13.5 Å². The van der Waals surface area contributed by atoms with Crippen LogP contribution in [0.5, 0.6) is 0 Å². The van der Waals surface area contributed by atoms with E-state index in [2.05, 4.69) is 35.8 Å². The summed E-state index contributed by atoms with van der Waals surface area (Å²) in [5.74, 6) is 0. The summed E-state index contributed by atoms with van der Waals surface area (Å²) in [5, 5.41) is 0. The lowest BCUT2D eigenvalue weighted by molar-refractivity contribution is 0.836. The Morgan fingerprint density at radius 3 is 2.83 bits per heavy atom. The fourth-order valence-electron chi connectivity index (χ4n) is 1.34. The SMILES string of the molecule is CCN=Cc1ccn(C)c1CC. The summed E-state index contributed by atoms with van der Waals surface area (Å²) >= 11 is 0. The molecule has 2 nitrogen and oxygen atoms in total.